The number of carbonyl (C=O) groups is 1. The van der Waals surface area contributed by atoms with Crippen LogP contribution in [-0.4, -0.2) is 46.9 Å². The molecule has 0 aliphatic heterocycles. The molecule has 0 heterocycles. The summed E-state index contributed by atoms with van der Waals surface area (Å²) < 4.78 is 36.7. The first-order chi connectivity index (χ1) is 14.2. The number of anilines is 1. The van der Waals surface area contributed by atoms with Crippen molar-refractivity contribution in [2.45, 2.75) is 26.7 Å². The SMILES string of the molecule is CCOc1cccc(N(CC(=O)NCCOc2ccccc2C(C)C)S(C)(=O)=O)c1. The maximum Gasteiger partial charge on any atom is 0.240 e. The lowest BCUT2D eigenvalue weighted by Crippen LogP contribution is -2.41. The third-order valence-corrected chi connectivity index (χ3v) is 5.47. The van der Waals surface area contributed by atoms with E-state index in [1.807, 2.05) is 31.2 Å². The Morgan fingerprint density at radius 2 is 1.83 bits per heavy atom. The molecule has 8 heteroatoms. The Balaban J connectivity index is 1.95. The maximum absolute atomic E-state index is 12.4. The van der Waals surface area contributed by atoms with Crippen LogP contribution in [-0.2, 0) is 14.8 Å². The van der Waals surface area contributed by atoms with Gasteiger partial charge in [0, 0.05) is 6.07 Å². The zero-order valence-corrected chi connectivity index (χ0v) is 18.7. The van der Waals surface area contributed by atoms with Crippen LogP contribution in [0.4, 0.5) is 5.69 Å². The summed E-state index contributed by atoms with van der Waals surface area (Å²) in [6.45, 7) is 6.71. The van der Waals surface area contributed by atoms with Crippen molar-refractivity contribution < 1.29 is 22.7 Å². The molecule has 30 heavy (non-hydrogen) atoms. The number of benzene rings is 2. The Hall–Kier alpha value is -2.74. The fourth-order valence-electron chi connectivity index (χ4n) is 2.92. The molecule has 0 aromatic heterocycles. The predicted octanol–water partition coefficient (Wildman–Crippen LogP) is 3.17. The summed E-state index contributed by atoms with van der Waals surface area (Å²) >= 11 is 0. The molecule has 0 bridgehead atoms. The fraction of sp³-hybridized carbons (Fsp3) is 0.409. The van der Waals surface area contributed by atoms with Crippen molar-refractivity contribution in [2.75, 3.05) is 36.9 Å². The normalized spacial score (nSPS) is 11.2. The monoisotopic (exact) mass is 434 g/mol. The Bertz CT molecular complexity index is 944. The van der Waals surface area contributed by atoms with E-state index in [1.54, 1.807) is 24.3 Å². The predicted molar refractivity (Wildman–Crippen MR) is 119 cm³/mol. The molecule has 0 radical (unpaired) electrons. The highest BCUT2D eigenvalue weighted by Gasteiger charge is 2.21. The van der Waals surface area contributed by atoms with Gasteiger partial charge in [0.2, 0.25) is 15.9 Å². The van der Waals surface area contributed by atoms with Crippen molar-refractivity contribution in [3.05, 3.63) is 54.1 Å². The molecule has 0 aliphatic rings. The maximum atomic E-state index is 12.4. The molecule has 0 aliphatic carbocycles. The van der Waals surface area contributed by atoms with Gasteiger partial charge in [0.1, 0.15) is 24.7 Å². The number of hydrogen-bond acceptors (Lipinski definition) is 5. The lowest BCUT2D eigenvalue weighted by Gasteiger charge is -2.22. The molecular formula is C22H30N2O5S. The standard InChI is InChI=1S/C22H30N2O5S/c1-5-28-19-10-8-9-18(15-19)24(30(4,26)27)16-22(25)23-13-14-29-21-12-7-6-11-20(21)17(2)3/h6-12,15,17H,5,13-14,16H2,1-4H3,(H,23,25). The molecule has 0 spiro atoms. The number of amides is 1. The molecule has 1 N–H and O–H groups in total. The first-order valence-electron chi connectivity index (χ1n) is 9.91. The van der Waals surface area contributed by atoms with Crippen molar-refractivity contribution in [3.8, 4) is 11.5 Å². The van der Waals surface area contributed by atoms with Gasteiger partial charge >= 0.3 is 0 Å². The minimum absolute atomic E-state index is 0.266. The number of para-hydroxylation sites is 1. The minimum Gasteiger partial charge on any atom is -0.494 e. The van der Waals surface area contributed by atoms with E-state index in [0.29, 0.717) is 24.0 Å². The molecular weight excluding hydrogens is 404 g/mol. The van der Waals surface area contributed by atoms with Gasteiger partial charge in [-0.3, -0.25) is 9.10 Å². The van der Waals surface area contributed by atoms with Gasteiger partial charge in [-0.2, -0.15) is 0 Å². The van der Waals surface area contributed by atoms with E-state index in [4.69, 9.17) is 9.47 Å². The van der Waals surface area contributed by atoms with Crippen LogP contribution in [0.2, 0.25) is 0 Å². The lowest BCUT2D eigenvalue weighted by molar-refractivity contribution is -0.119. The fourth-order valence-corrected chi connectivity index (χ4v) is 3.77. The minimum atomic E-state index is -3.65. The largest absolute Gasteiger partial charge is 0.494 e. The summed E-state index contributed by atoms with van der Waals surface area (Å²) in [6.07, 6.45) is 1.07. The van der Waals surface area contributed by atoms with Crippen LogP contribution in [0.15, 0.2) is 48.5 Å². The van der Waals surface area contributed by atoms with Crippen molar-refractivity contribution in [1.29, 1.82) is 0 Å². The lowest BCUT2D eigenvalue weighted by atomic mass is 10.0. The average Bonchev–Trinajstić information content (AvgIpc) is 2.69. The van der Waals surface area contributed by atoms with E-state index in [9.17, 15) is 13.2 Å². The molecule has 7 nitrogen and oxygen atoms in total. The van der Waals surface area contributed by atoms with E-state index in [1.165, 1.54) is 0 Å². The van der Waals surface area contributed by atoms with Crippen LogP contribution < -0.4 is 19.1 Å². The smallest absolute Gasteiger partial charge is 0.240 e. The summed E-state index contributed by atoms with van der Waals surface area (Å²) in [4.78, 5) is 12.4. The topological polar surface area (TPSA) is 84.9 Å². The van der Waals surface area contributed by atoms with Crippen LogP contribution in [0.1, 0.15) is 32.3 Å². The van der Waals surface area contributed by atoms with Crippen molar-refractivity contribution in [3.63, 3.8) is 0 Å². The molecule has 0 saturated heterocycles. The highest BCUT2D eigenvalue weighted by atomic mass is 32.2. The summed E-state index contributed by atoms with van der Waals surface area (Å²) in [7, 11) is -3.65. The van der Waals surface area contributed by atoms with Gasteiger partial charge in [-0.1, -0.05) is 38.1 Å². The summed E-state index contributed by atoms with van der Waals surface area (Å²) in [6, 6.07) is 14.4. The number of carbonyl (C=O) groups excluding carboxylic acids is 1. The molecule has 2 aromatic carbocycles. The van der Waals surface area contributed by atoms with Gasteiger partial charge in [-0.15, -0.1) is 0 Å². The molecule has 164 valence electrons. The van der Waals surface area contributed by atoms with Crippen LogP contribution >= 0.6 is 0 Å². The number of nitrogens with zero attached hydrogens (tertiary/aromatic N) is 1. The van der Waals surface area contributed by atoms with E-state index < -0.39 is 15.9 Å². The van der Waals surface area contributed by atoms with Crippen LogP contribution in [0.5, 0.6) is 11.5 Å². The number of nitrogens with one attached hydrogen (secondary N) is 1. The number of rotatable bonds is 11. The Morgan fingerprint density at radius 3 is 2.50 bits per heavy atom. The summed E-state index contributed by atoms with van der Waals surface area (Å²) in [5, 5.41) is 2.71. The van der Waals surface area contributed by atoms with E-state index in [0.717, 1.165) is 21.9 Å². The third-order valence-electron chi connectivity index (χ3n) is 4.33. The second kappa shape index (κ2) is 10.9. The van der Waals surface area contributed by atoms with E-state index in [2.05, 4.69) is 19.2 Å². The van der Waals surface area contributed by atoms with Crippen LogP contribution in [0, 0.1) is 0 Å². The van der Waals surface area contributed by atoms with Gasteiger partial charge in [0.25, 0.3) is 0 Å². The second-order valence-corrected chi connectivity index (χ2v) is 9.00. The summed E-state index contributed by atoms with van der Waals surface area (Å²) in [5.74, 6) is 1.24. The first-order valence-corrected chi connectivity index (χ1v) is 11.8. The highest BCUT2D eigenvalue weighted by Crippen LogP contribution is 2.26. The molecule has 1 amide bonds. The van der Waals surface area contributed by atoms with E-state index in [-0.39, 0.29) is 19.7 Å². The quantitative estimate of drug-likeness (QED) is 0.549. The number of ether oxygens (including phenoxy) is 2. The van der Waals surface area contributed by atoms with Gasteiger partial charge in [-0.25, -0.2) is 8.42 Å². The van der Waals surface area contributed by atoms with Crippen LogP contribution in [0.25, 0.3) is 0 Å². The Labute approximate surface area is 179 Å². The van der Waals surface area contributed by atoms with Crippen molar-refractivity contribution in [2.24, 2.45) is 0 Å². The second-order valence-electron chi connectivity index (χ2n) is 7.09. The van der Waals surface area contributed by atoms with Crippen molar-refractivity contribution >= 4 is 21.6 Å². The molecule has 2 rings (SSSR count). The average molecular weight is 435 g/mol. The summed E-state index contributed by atoms with van der Waals surface area (Å²) in [5.41, 5.74) is 1.47. The number of hydrogen-bond donors (Lipinski definition) is 1. The van der Waals surface area contributed by atoms with E-state index >= 15 is 0 Å². The molecule has 2 aromatic rings. The van der Waals surface area contributed by atoms with Gasteiger partial charge in [0.15, 0.2) is 0 Å². The Morgan fingerprint density at radius 1 is 1.10 bits per heavy atom. The molecule has 0 saturated carbocycles. The van der Waals surface area contributed by atoms with Gasteiger partial charge < -0.3 is 14.8 Å². The zero-order chi connectivity index (χ0) is 22.1. The zero-order valence-electron chi connectivity index (χ0n) is 17.9. The number of sulfonamides is 1. The molecule has 0 fully saturated rings. The third kappa shape index (κ3) is 6.95. The highest BCUT2D eigenvalue weighted by molar-refractivity contribution is 7.92. The van der Waals surface area contributed by atoms with Gasteiger partial charge in [-0.05, 0) is 36.6 Å². The Kier molecular flexibility index (Phi) is 8.53. The van der Waals surface area contributed by atoms with Crippen molar-refractivity contribution in [1.82, 2.24) is 5.32 Å². The molecule has 0 unspecified atom stereocenters. The molecule has 0 atom stereocenters. The first kappa shape index (κ1) is 23.5. The van der Waals surface area contributed by atoms with Crippen LogP contribution in [0.3, 0.4) is 0 Å². The van der Waals surface area contributed by atoms with Gasteiger partial charge in [0.05, 0.1) is 25.1 Å².